The maximum Gasteiger partial charge on any atom is 0.0488 e. The van der Waals surface area contributed by atoms with Gasteiger partial charge in [0.1, 0.15) is 0 Å². The van der Waals surface area contributed by atoms with E-state index in [1.807, 2.05) is 6.07 Å². The first-order valence-corrected chi connectivity index (χ1v) is 7.15. The third-order valence-electron chi connectivity index (χ3n) is 2.48. The van der Waals surface area contributed by atoms with E-state index in [-0.39, 0.29) is 0 Å². The Morgan fingerprint density at radius 2 is 2.06 bits per heavy atom. The Bertz CT molecular complexity index is 374. The van der Waals surface area contributed by atoms with Gasteiger partial charge in [-0.05, 0) is 29.5 Å². The molecule has 0 spiro atoms. The SMILES string of the molecule is Cc1cc(CN)ccc1CS(=O)CC(C)C. The summed E-state index contributed by atoms with van der Waals surface area (Å²) in [6.07, 6.45) is 0. The monoisotopic (exact) mass is 239 g/mol. The number of rotatable bonds is 5. The topological polar surface area (TPSA) is 43.1 Å². The molecule has 0 heterocycles. The quantitative estimate of drug-likeness (QED) is 0.857. The van der Waals surface area contributed by atoms with E-state index in [2.05, 4.69) is 32.9 Å². The summed E-state index contributed by atoms with van der Waals surface area (Å²) in [6, 6.07) is 6.16. The van der Waals surface area contributed by atoms with Gasteiger partial charge in [-0.1, -0.05) is 32.0 Å². The van der Waals surface area contributed by atoms with E-state index < -0.39 is 10.8 Å². The van der Waals surface area contributed by atoms with Crippen LogP contribution in [0.1, 0.15) is 30.5 Å². The fourth-order valence-electron chi connectivity index (χ4n) is 1.65. The van der Waals surface area contributed by atoms with Crippen molar-refractivity contribution in [1.82, 2.24) is 0 Å². The maximum atomic E-state index is 11.8. The number of nitrogens with two attached hydrogens (primary N) is 1. The zero-order chi connectivity index (χ0) is 12.1. The van der Waals surface area contributed by atoms with Crippen LogP contribution in [0.2, 0.25) is 0 Å². The van der Waals surface area contributed by atoms with Gasteiger partial charge in [-0.2, -0.15) is 0 Å². The molecule has 16 heavy (non-hydrogen) atoms. The summed E-state index contributed by atoms with van der Waals surface area (Å²) < 4.78 is 11.8. The van der Waals surface area contributed by atoms with E-state index in [1.54, 1.807) is 0 Å². The second-order valence-electron chi connectivity index (χ2n) is 4.61. The molecular formula is C13H21NOS. The Hall–Kier alpha value is -0.670. The van der Waals surface area contributed by atoms with Crippen LogP contribution in [0, 0.1) is 12.8 Å². The molecule has 1 aromatic rings. The molecule has 0 aliphatic carbocycles. The Labute approximate surface area is 101 Å². The number of aryl methyl sites for hydroxylation is 1. The van der Waals surface area contributed by atoms with Gasteiger partial charge in [0.15, 0.2) is 0 Å². The van der Waals surface area contributed by atoms with Crippen molar-refractivity contribution in [3.63, 3.8) is 0 Å². The van der Waals surface area contributed by atoms with E-state index in [1.165, 1.54) is 11.1 Å². The van der Waals surface area contributed by atoms with Gasteiger partial charge in [-0.25, -0.2) is 0 Å². The van der Waals surface area contributed by atoms with Crippen LogP contribution < -0.4 is 5.73 Å². The molecule has 90 valence electrons. The van der Waals surface area contributed by atoms with Crippen molar-refractivity contribution < 1.29 is 4.21 Å². The fraction of sp³-hybridized carbons (Fsp3) is 0.538. The largest absolute Gasteiger partial charge is 0.326 e. The lowest BCUT2D eigenvalue weighted by Crippen LogP contribution is -2.08. The highest BCUT2D eigenvalue weighted by Crippen LogP contribution is 2.14. The molecule has 2 nitrogen and oxygen atoms in total. The van der Waals surface area contributed by atoms with Crippen LogP contribution in [-0.2, 0) is 23.1 Å². The predicted octanol–water partition coefficient (Wildman–Crippen LogP) is 2.36. The van der Waals surface area contributed by atoms with E-state index in [0.29, 0.717) is 18.2 Å². The van der Waals surface area contributed by atoms with Gasteiger partial charge in [0.2, 0.25) is 0 Å². The van der Waals surface area contributed by atoms with Gasteiger partial charge in [-0.3, -0.25) is 4.21 Å². The van der Waals surface area contributed by atoms with Crippen LogP contribution in [0.3, 0.4) is 0 Å². The minimum absolute atomic E-state index is 0.490. The second-order valence-corrected chi connectivity index (χ2v) is 6.11. The molecule has 0 aliphatic heterocycles. The second kappa shape index (κ2) is 6.16. The summed E-state index contributed by atoms with van der Waals surface area (Å²) in [5, 5.41) is 0. The average Bonchev–Trinajstić information content (AvgIpc) is 2.19. The van der Waals surface area contributed by atoms with E-state index in [9.17, 15) is 4.21 Å². The van der Waals surface area contributed by atoms with Crippen LogP contribution in [0.4, 0.5) is 0 Å². The standard InChI is InChI=1S/C13H21NOS/c1-10(2)8-16(15)9-13-5-4-12(7-14)6-11(13)3/h4-6,10H,7-9,14H2,1-3H3. The number of hydrogen-bond acceptors (Lipinski definition) is 2. The van der Waals surface area contributed by atoms with Crippen molar-refractivity contribution in [2.24, 2.45) is 11.7 Å². The highest BCUT2D eigenvalue weighted by Gasteiger charge is 2.07. The average molecular weight is 239 g/mol. The third-order valence-corrected chi connectivity index (χ3v) is 4.15. The summed E-state index contributed by atoms with van der Waals surface area (Å²) in [7, 11) is -0.751. The minimum atomic E-state index is -0.751. The van der Waals surface area contributed by atoms with Crippen molar-refractivity contribution in [2.45, 2.75) is 33.1 Å². The van der Waals surface area contributed by atoms with E-state index >= 15 is 0 Å². The van der Waals surface area contributed by atoms with Crippen molar-refractivity contribution in [3.05, 3.63) is 34.9 Å². The Morgan fingerprint density at radius 1 is 1.38 bits per heavy atom. The van der Waals surface area contributed by atoms with E-state index in [0.717, 1.165) is 11.3 Å². The molecular weight excluding hydrogens is 218 g/mol. The molecule has 0 bridgehead atoms. The van der Waals surface area contributed by atoms with Gasteiger partial charge >= 0.3 is 0 Å². The van der Waals surface area contributed by atoms with Gasteiger partial charge in [-0.15, -0.1) is 0 Å². The zero-order valence-electron chi connectivity index (χ0n) is 10.3. The van der Waals surface area contributed by atoms with Crippen LogP contribution in [-0.4, -0.2) is 9.96 Å². The molecule has 1 rings (SSSR count). The van der Waals surface area contributed by atoms with Crippen LogP contribution in [0.15, 0.2) is 18.2 Å². The Kier molecular flexibility index (Phi) is 5.16. The molecule has 0 saturated carbocycles. The summed E-state index contributed by atoms with van der Waals surface area (Å²) in [5.74, 6) is 1.93. The lowest BCUT2D eigenvalue weighted by atomic mass is 10.1. The van der Waals surface area contributed by atoms with Gasteiger partial charge in [0.05, 0.1) is 0 Å². The minimum Gasteiger partial charge on any atom is -0.326 e. The van der Waals surface area contributed by atoms with Gasteiger partial charge in [0, 0.05) is 28.9 Å². The fourth-order valence-corrected chi connectivity index (χ4v) is 3.18. The molecule has 0 amide bonds. The first-order valence-electron chi connectivity index (χ1n) is 5.66. The number of hydrogen-bond donors (Lipinski definition) is 1. The molecule has 1 aromatic carbocycles. The summed E-state index contributed by atoms with van der Waals surface area (Å²) in [4.78, 5) is 0. The molecule has 0 saturated heterocycles. The number of benzene rings is 1. The summed E-state index contributed by atoms with van der Waals surface area (Å²) in [6.45, 7) is 6.82. The molecule has 1 unspecified atom stereocenters. The normalized spacial score (nSPS) is 13.1. The smallest absolute Gasteiger partial charge is 0.0488 e. The van der Waals surface area contributed by atoms with Crippen molar-refractivity contribution in [1.29, 1.82) is 0 Å². The third kappa shape index (κ3) is 4.06. The first-order chi connectivity index (χ1) is 7.52. The lowest BCUT2D eigenvalue weighted by molar-refractivity contribution is 0.664. The predicted molar refractivity (Wildman–Crippen MR) is 70.6 cm³/mol. The molecule has 0 fully saturated rings. The van der Waals surface area contributed by atoms with Gasteiger partial charge < -0.3 is 5.73 Å². The molecule has 0 aliphatic rings. The highest BCUT2D eigenvalue weighted by atomic mass is 32.2. The Balaban J connectivity index is 2.70. The Morgan fingerprint density at radius 3 is 2.56 bits per heavy atom. The summed E-state index contributed by atoms with van der Waals surface area (Å²) in [5.41, 5.74) is 9.08. The molecule has 3 heteroatoms. The lowest BCUT2D eigenvalue weighted by Gasteiger charge is -2.09. The maximum absolute atomic E-state index is 11.8. The molecule has 1 atom stereocenters. The van der Waals surface area contributed by atoms with Crippen molar-refractivity contribution in [3.8, 4) is 0 Å². The highest BCUT2D eigenvalue weighted by molar-refractivity contribution is 7.84. The molecule has 0 aromatic heterocycles. The van der Waals surface area contributed by atoms with Crippen LogP contribution in [0.25, 0.3) is 0 Å². The van der Waals surface area contributed by atoms with Crippen molar-refractivity contribution >= 4 is 10.8 Å². The van der Waals surface area contributed by atoms with Crippen molar-refractivity contribution in [2.75, 3.05) is 5.75 Å². The molecule has 0 radical (unpaired) electrons. The van der Waals surface area contributed by atoms with Crippen LogP contribution in [0.5, 0.6) is 0 Å². The zero-order valence-corrected chi connectivity index (χ0v) is 11.1. The van der Waals surface area contributed by atoms with Gasteiger partial charge in [0.25, 0.3) is 0 Å². The van der Waals surface area contributed by atoms with E-state index in [4.69, 9.17) is 5.73 Å². The summed E-state index contributed by atoms with van der Waals surface area (Å²) >= 11 is 0. The first kappa shape index (κ1) is 13.4. The van der Waals surface area contributed by atoms with Crippen LogP contribution >= 0.6 is 0 Å². The molecule has 2 N–H and O–H groups in total.